The number of rotatable bonds is 4. The van der Waals surface area contributed by atoms with Crippen molar-refractivity contribution < 1.29 is 13.5 Å². The van der Waals surface area contributed by atoms with E-state index >= 15 is 0 Å². The fourth-order valence-electron chi connectivity index (χ4n) is 2.25. The summed E-state index contributed by atoms with van der Waals surface area (Å²) in [6.07, 6.45) is 4.04. The molecule has 1 aromatic rings. The Bertz CT molecular complexity index is 606. The topological polar surface area (TPSA) is 69.6 Å². The SMILES string of the molecule is O=S(=O)(NCc1sccc1C#CCO)N1CCCCCC1. The number of aliphatic hydroxyl groups excluding tert-OH is 1. The molecule has 1 aliphatic rings. The maximum absolute atomic E-state index is 12.3. The van der Waals surface area contributed by atoms with Crippen molar-refractivity contribution in [1.82, 2.24) is 9.03 Å². The highest BCUT2D eigenvalue weighted by molar-refractivity contribution is 7.87. The van der Waals surface area contributed by atoms with Crippen LogP contribution in [0.5, 0.6) is 0 Å². The van der Waals surface area contributed by atoms with Gasteiger partial charge in [0.05, 0.1) is 0 Å². The van der Waals surface area contributed by atoms with Crippen LogP contribution in [0.25, 0.3) is 0 Å². The lowest BCUT2D eigenvalue weighted by Gasteiger charge is -2.20. The molecule has 0 spiro atoms. The van der Waals surface area contributed by atoms with Crippen LogP contribution in [0.3, 0.4) is 0 Å². The molecule has 0 aromatic carbocycles. The van der Waals surface area contributed by atoms with Gasteiger partial charge in [-0.25, -0.2) is 0 Å². The predicted octanol–water partition coefficient (Wildman–Crippen LogP) is 1.30. The lowest BCUT2D eigenvalue weighted by Crippen LogP contribution is -2.40. The summed E-state index contributed by atoms with van der Waals surface area (Å²) in [5.41, 5.74) is 0.771. The second kappa shape index (κ2) is 7.92. The van der Waals surface area contributed by atoms with Crippen molar-refractivity contribution in [2.24, 2.45) is 0 Å². The lowest BCUT2D eigenvalue weighted by molar-refractivity contribution is 0.350. The predicted molar refractivity (Wildman–Crippen MR) is 84.1 cm³/mol. The lowest BCUT2D eigenvalue weighted by atomic mass is 10.2. The standard InChI is InChI=1S/C14H20N2O3S2/c17-10-5-6-13-7-11-20-14(13)12-15-21(18,19)16-8-3-1-2-4-9-16/h7,11,15,17H,1-4,8-10,12H2. The van der Waals surface area contributed by atoms with Crippen LogP contribution in [0.1, 0.15) is 36.1 Å². The Balaban J connectivity index is 1.99. The molecular weight excluding hydrogens is 308 g/mol. The van der Waals surface area contributed by atoms with Gasteiger partial charge in [0.15, 0.2) is 0 Å². The minimum Gasteiger partial charge on any atom is -0.384 e. The molecule has 2 heterocycles. The molecule has 7 heteroatoms. The monoisotopic (exact) mass is 328 g/mol. The highest BCUT2D eigenvalue weighted by Crippen LogP contribution is 2.17. The van der Waals surface area contributed by atoms with Crippen LogP contribution in [0.4, 0.5) is 0 Å². The first-order valence-electron chi connectivity index (χ1n) is 7.04. The van der Waals surface area contributed by atoms with Crippen LogP contribution in [0, 0.1) is 11.8 Å². The van der Waals surface area contributed by atoms with E-state index in [1.807, 2.05) is 11.4 Å². The summed E-state index contributed by atoms with van der Waals surface area (Å²) in [6, 6.07) is 1.84. The molecule has 1 aliphatic heterocycles. The van der Waals surface area contributed by atoms with Crippen molar-refractivity contribution in [3.63, 3.8) is 0 Å². The zero-order valence-corrected chi connectivity index (χ0v) is 13.5. The number of hydrogen-bond donors (Lipinski definition) is 2. The van der Waals surface area contributed by atoms with Crippen LogP contribution in [0.15, 0.2) is 11.4 Å². The molecule has 1 saturated heterocycles. The van der Waals surface area contributed by atoms with Gasteiger partial charge in [-0.2, -0.15) is 17.4 Å². The fraction of sp³-hybridized carbons (Fsp3) is 0.571. The minimum atomic E-state index is -3.43. The van der Waals surface area contributed by atoms with Crippen molar-refractivity contribution in [1.29, 1.82) is 0 Å². The van der Waals surface area contributed by atoms with Crippen LogP contribution in [0.2, 0.25) is 0 Å². The Kier molecular flexibility index (Phi) is 6.21. The molecule has 1 aromatic heterocycles. The third kappa shape index (κ3) is 4.80. The van der Waals surface area contributed by atoms with Crippen LogP contribution >= 0.6 is 11.3 Å². The van der Waals surface area contributed by atoms with Crippen molar-refractivity contribution in [2.45, 2.75) is 32.2 Å². The molecule has 0 unspecified atom stereocenters. The highest BCUT2D eigenvalue weighted by Gasteiger charge is 2.22. The summed E-state index contributed by atoms with van der Waals surface area (Å²) < 4.78 is 28.8. The fourth-order valence-corrected chi connectivity index (χ4v) is 4.36. The smallest absolute Gasteiger partial charge is 0.279 e. The Morgan fingerprint density at radius 3 is 2.67 bits per heavy atom. The summed E-state index contributed by atoms with van der Waals surface area (Å²) in [5, 5.41) is 10.6. The van der Waals surface area contributed by atoms with E-state index in [0.717, 1.165) is 36.1 Å². The van der Waals surface area contributed by atoms with Gasteiger partial charge < -0.3 is 5.11 Å². The van der Waals surface area contributed by atoms with E-state index in [0.29, 0.717) is 13.1 Å². The molecule has 0 bridgehead atoms. The summed E-state index contributed by atoms with van der Waals surface area (Å²) in [4.78, 5) is 0.870. The van der Waals surface area contributed by atoms with E-state index in [4.69, 9.17) is 5.11 Å². The van der Waals surface area contributed by atoms with Gasteiger partial charge in [0.25, 0.3) is 10.2 Å². The number of hydrogen-bond acceptors (Lipinski definition) is 4. The summed E-state index contributed by atoms with van der Waals surface area (Å²) in [7, 11) is -3.43. The summed E-state index contributed by atoms with van der Waals surface area (Å²) in [6.45, 7) is 1.23. The zero-order chi connectivity index (χ0) is 15.1. The Hall–Kier alpha value is -0.910. The molecule has 1 fully saturated rings. The second-order valence-electron chi connectivity index (χ2n) is 4.86. The normalized spacial score (nSPS) is 17.0. The zero-order valence-electron chi connectivity index (χ0n) is 11.8. The molecule has 116 valence electrons. The van der Waals surface area contributed by atoms with Crippen molar-refractivity contribution in [2.75, 3.05) is 19.7 Å². The van der Waals surface area contributed by atoms with Gasteiger partial charge in [0.2, 0.25) is 0 Å². The van der Waals surface area contributed by atoms with E-state index < -0.39 is 10.2 Å². The van der Waals surface area contributed by atoms with Gasteiger partial charge >= 0.3 is 0 Å². The van der Waals surface area contributed by atoms with E-state index in [1.54, 1.807) is 0 Å². The van der Waals surface area contributed by atoms with Gasteiger partial charge in [-0.1, -0.05) is 24.7 Å². The van der Waals surface area contributed by atoms with Gasteiger partial charge in [0.1, 0.15) is 6.61 Å². The Labute approximate surface area is 130 Å². The minimum absolute atomic E-state index is 0.200. The maximum atomic E-state index is 12.3. The Morgan fingerprint density at radius 1 is 1.29 bits per heavy atom. The molecule has 2 rings (SSSR count). The average Bonchev–Trinajstić information content (AvgIpc) is 2.72. The van der Waals surface area contributed by atoms with Crippen molar-refractivity contribution >= 4 is 21.5 Å². The van der Waals surface area contributed by atoms with Gasteiger partial charge in [-0.05, 0) is 24.3 Å². The molecule has 2 N–H and O–H groups in total. The first-order chi connectivity index (χ1) is 10.1. The number of aliphatic hydroxyl groups is 1. The molecule has 0 atom stereocenters. The van der Waals surface area contributed by atoms with Gasteiger partial charge in [-0.3, -0.25) is 0 Å². The quantitative estimate of drug-likeness (QED) is 0.819. The second-order valence-corrected chi connectivity index (χ2v) is 7.61. The first kappa shape index (κ1) is 16.5. The van der Waals surface area contributed by atoms with E-state index in [9.17, 15) is 8.42 Å². The average molecular weight is 328 g/mol. The van der Waals surface area contributed by atoms with E-state index in [1.165, 1.54) is 15.6 Å². The summed E-state index contributed by atoms with van der Waals surface area (Å²) in [5.74, 6) is 5.42. The molecule has 0 saturated carbocycles. The molecule has 0 radical (unpaired) electrons. The molecule has 0 aliphatic carbocycles. The third-order valence-electron chi connectivity index (χ3n) is 3.37. The van der Waals surface area contributed by atoms with E-state index in [-0.39, 0.29) is 13.2 Å². The number of thiophene rings is 1. The summed E-state index contributed by atoms with van der Waals surface area (Å²) >= 11 is 1.46. The third-order valence-corrected chi connectivity index (χ3v) is 5.84. The van der Waals surface area contributed by atoms with Crippen LogP contribution < -0.4 is 4.72 Å². The first-order valence-corrected chi connectivity index (χ1v) is 9.36. The van der Waals surface area contributed by atoms with Gasteiger partial charge in [-0.15, -0.1) is 11.3 Å². The van der Waals surface area contributed by atoms with E-state index in [2.05, 4.69) is 16.6 Å². The highest BCUT2D eigenvalue weighted by atomic mass is 32.2. The van der Waals surface area contributed by atoms with Crippen molar-refractivity contribution in [3.05, 3.63) is 21.9 Å². The Morgan fingerprint density at radius 2 is 2.00 bits per heavy atom. The van der Waals surface area contributed by atoms with Crippen molar-refractivity contribution in [3.8, 4) is 11.8 Å². The largest absolute Gasteiger partial charge is 0.384 e. The number of nitrogens with zero attached hydrogens (tertiary/aromatic N) is 1. The van der Waals surface area contributed by atoms with Crippen LogP contribution in [-0.2, 0) is 16.8 Å². The maximum Gasteiger partial charge on any atom is 0.279 e. The molecule has 5 nitrogen and oxygen atoms in total. The van der Waals surface area contributed by atoms with Gasteiger partial charge in [0, 0.05) is 30.1 Å². The number of nitrogens with one attached hydrogen (secondary N) is 1. The van der Waals surface area contributed by atoms with Crippen LogP contribution in [-0.4, -0.2) is 37.5 Å². The molecule has 21 heavy (non-hydrogen) atoms. The molecule has 0 amide bonds. The molecular formula is C14H20N2O3S2.